The average Bonchev–Trinajstić information content (AvgIpc) is 2.89. The predicted octanol–water partition coefficient (Wildman–Crippen LogP) is 3.99. The molecule has 19 heavy (non-hydrogen) atoms. The van der Waals surface area contributed by atoms with Gasteiger partial charge >= 0.3 is 0 Å². The third-order valence-electron chi connectivity index (χ3n) is 3.16. The summed E-state index contributed by atoms with van der Waals surface area (Å²) in [5, 5.41) is 2.07. The lowest BCUT2D eigenvalue weighted by molar-refractivity contribution is 0.928. The van der Waals surface area contributed by atoms with Gasteiger partial charge in [0.2, 0.25) is 5.43 Å². The van der Waals surface area contributed by atoms with Gasteiger partial charge in [0.25, 0.3) is 0 Å². The maximum Gasteiger partial charge on any atom is 0.212 e. The number of rotatable bonds is 2. The number of hydrogen-bond acceptors (Lipinski definition) is 3. The third-order valence-corrected chi connectivity index (χ3v) is 4.86. The van der Waals surface area contributed by atoms with Crippen molar-refractivity contribution in [2.24, 2.45) is 7.05 Å². The van der Waals surface area contributed by atoms with Crippen LogP contribution in [0.4, 0.5) is 0 Å². The van der Waals surface area contributed by atoms with Gasteiger partial charge in [0.1, 0.15) is 0 Å². The molecule has 0 N–H and O–H groups in total. The summed E-state index contributed by atoms with van der Waals surface area (Å²) in [6.07, 6.45) is 3.86. The number of fused-ring (bicyclic) bond motifs is 1. The normalized spacial score (nSPS) is 11.1. The molecule has 0 fully saturated rings. The number of pyridine rings is 1. The number of aryl methyl sites for hydroxylation is 1. The van der Waals surface area contributed by atoms with Gasteiger partial charge in [-0.15, -0.1) is 23.1 Å². The van der Waals surface area contributed by atoms with Crippen LogP contribution >= 0.6 is 23.1 Å². The van der Waals surface area contributed by atoms with Gasteiger partial charge in [-0.25, -0.2) is 0 Å². The van der Waals surface area contributed by atoms with Crippen molar-refractivity contribution in [1.29, 1.82) is 0 Å². The molecule has 0 bridgehead atoms. The molecule has 96 valence electrons. The molecule has 0 unspecified atom stereocenters. The molecule has 0 amide bonds. The van der Waals surface area contributed by atoms with Crippen LogP contribution in [0.2, 0.25) is 0 Å². The summed E-state index contributed by atoms with van der Waals surface area (Å²) in [4.78, 5) is 13.1. The topological polar surface area (TPSA) is 22.0 Å². The van der Waals surface area contributed by atoms with E-state index in [2.05, 4.69) is 22.1 Å². The highest BCUT2D eigenvalue weighted by atomic mass is 32.2. The fourth-order valence-electron chi connectivity index (χ4n) is 2.24. The Morgan fingerprint density at radius 2 is 1.95 bits per heavy atom. The minimum absolute atomic E-state index is 0.146. The van der Waals surface area contributed by atoms with Gasteiger partial charge in [-0.3, -0.25) is 4.79 Å². The molecule has 3 rings (SSSR count). The fraction of sp³-hybridized carbons (Fsp3) is 0.133. The van der Waals surface area contributed by atoms with E-state index in [9.17, 15) is 4.79 Å². The molecule has 0 saturated carbocycles. The van der Waals surface area contributed by atoms with Crippen molar-refractivity contribution >= 4 is 33.3 Å². The minimum atomic E-state index is 0.146. The van der Waals surface area contributed by atoms with Crippen LogP contribution in [0.3, 0.4) is 0 Å². The molecule has 0 aliphatic rings. The van der Waals surface area contributed by atoms with Gasteiger partial charge in [-0.1, -0.05) is 30.3 Å². The summed E-state index contributed by atoms with van der Waals surface area (Å²) >= 11 is 3.04. The highest BCUT2D eigenvalue weighted by molar-refractivity contribution is 7.98. The lowest BCUT2D eigenvalue weighted by Crippen LogP contribution is -2.07. The van der Waals surface area contributed by atoms with E-state index < -0.39 is 0 Å². The molecule has 2 aromatic heterocycles. The second-order valence-electron chi connectivity index (χ2n) is 4.33. The number of hydrogen-bond donors (Lipinski definition) is 0. The van der Waals surface area contributed by atoms with E-state index in [1.165, 1.54) is 23.1 Å². The SMILES string of the molecule is CSc1cn(C)c2c(-c3ccccc3)csc2c1=O. The lowest BCUT2D eigenvalue weighted by Gasteiger charge is -2.07. The van der Waals surface area contributed by atoms with Crippen LogP contribution in [0, 0.1) is 0 Å². The van der Waals surface area contributed by atoms with Gasteiger partial charge in [0.05, 0.1) is 15.1 Å². The van der Waals surface area contributed by atoms with Crippen LogP contribution in [0.5, 0.6) is 0 Å². The van der Waals surface area contributed by atoms with Crippen molar-refractivity contribution in [3.8, 4) is 11.1 Å². The summed E-state index contributed by atoms with van der Waals surface area (Å²) < 4.78 is 2.90. The Balaban J connectivity index is 2.36. The Bertz CT molecular complexity index is 787. The van der Waals surface area contributed by atoms with E-state index >= 15 is 0 Å². The highest BCUT2D eigenvalue weighted by Crippen LogP contribution is 2.32. The minimum Gasteiger partial charge on any atom is -0.348 e. The molecule has 2 heterocycles. The summed E-state index contributed by atoms with van der Waals surface area (Å²) in [6, 6.07) is 10.2. The van der Waals surface area contributed by atoms with Crippen molar-refractivity contribution in [3.05, 3.63) is 52.1 Å². The fourth-order valence-corrected chi connectivity index (χ4v) is 3.92. The number of benzene rings is 1. The molecule has 0 aliphatic carbocycles. The molecule has 4 heteroatoms. The first-order chi connectivity index (χ1) is 9.22. The molecule has 0 atom stereocenters. The van der Waals surface area contributed by atoms with Crippen molar-refractivity contribution in [2.45, 2.75) is 4.90 Å². The van der Waals surface area contributed by atoms with Gasteiger partial charge in [0, 0.05) is 24.2 Å². The molecule has 0 aliphatic heterocycles. The number of thioether (sulfide) groups is 1. The summed E-state index contributed by atoms with van der Waals surface area (Å²) in [5.74, 6) is 0. The van der Waals surface area contributed by atoms with E-state index in [-0.39, 0.29) is 5.43 Å². The predicted molar refractivity (Wildman–Crippen MR) is 84.3 cm³/mol. The maximum absolute atomic E-state index is 12.3. The molecular weight excluding hydrogens is 274 g/mol. The first-order valence-corrected chi connectivity index (χ1v) is 8.03. The first kappa shape index (κ1) is 12.5. The van der Waals surface area contributed by atoms with Crippen LogP contribution in [-0.4, -0.2) is 10.8 Å². The van der Waals surface area contributed by atoms with Crippen molar-refractivity contribution in [2.75, 3.05) is 6.26 Å². The van der Waals surface area contributed by atoms with Gasteiger partial charge in [0.15, 0.2) is 0 Å². The molecule has 0 spiro atoms. The molecule has 0 saturated heterocycles. The van der Waals surface area contributed by atoms with Crippen LogP contribution in [0.1, 0.15) is 0 Å². The Morgan fingerprint density at radius 1 is 1.21 bits per heavy atom. The molecule has 3 aromatic rings. The van der Waals surface area contributed by atoms with Crippen LogP contribution in [0.15, 0.2) is 51.6 Å². The molecule has 0 radical (unpaired) electrons. The van der Waals surface area contributed by atoms with Gasteiger partial charge in [-0.05, 0) is 11.8 Å². The zero-order valence-corrected chi connectivity index (χ0v) is 12.3. The highest BCUT2D eigenvalue weighted by Gasteiger charge is 2.13. The Hall–Kier alpha value is -1.52. The van der Waals surface area contributed by atoms with E-state index in [1.807, 2.05) is 37.7 Å². The Labute approximate surface area is 119 Å². The largest absolute Gasteiger partial charge is 0.348 e. The van der Waals surface area contributed by atoms with E-state index in [0.29, 0.717) is 0 Å². The quantitative estimate of drug-likeness (QED) is 0.665. The van der Waals surface area contributed by atoms with Gasteiger partial charge in [-0.2, -0.15) is 0 Å². The van der Waals surface area contributed by atoms with Crippen molar-refractivity contribution in [3.63, 3.8) is 0 Å². The summed E-state index contributed by atoms with van der Waals surface area (Å²) in [6.45, 7) is 0. The smallest absolute Gasteiger partial charge is 0.212 e. The van der Waals surface area contributed by atoms with Crippen LogP contribution in [0.25, 0.3) is 21.3 Å². The second-order valence-corrected chi connectivity index (χ2v) is 6.06. The van der Waals surface area contributed by atoms with Gasteiger partial charge < -0.3 is 4.57 Å². The zero-order chi connectivity index (χ0) is 13.4. The monoisotopic (exact) mass is 287 g/mol. The van der Waals surface area contributed by atoms with E-state index in [1.54, 1.807) is 0 Å². The number of thiophene rings is 1. The van der Waals surface area contributed by atoms with E-state index in [0.717, 1.165) is 26.2 Å². The average molecular weight is 287 g/mol. The summed E-state index contributed by atoms with van der Waals surface area (Å²) in [7, 11) is 2.00. The maximum atomic E-state index is 12.3. The lowest BCUT2D eigenvalue weighted by atomic mass is 10.1. The van der Waals surface area contributed by atoms with Crippen LogP contribution < -0.4 is 5.43 Å². The second kappa shape index (κ2) is 4.87. The molecule has 2 nitrogen and oxygen atoms in total. The van der Waals surface area contributed by atoms with Crippen molar-refractivity contribution in [1.82, 2.24) is 4.57 Å². The van der Waals surface area contributed by atoms with E-state index in [4.69, 9.17) is 0 Å². The first-order valence-electron chi connectivity index (χ1n) is 5.92. The standard InChI is InChI=1S/C15H13NOS2/c1-16-8-12(18-2)14(17)15-13(16)11(9-19-15)10-6-4-3-5-7-10/h3-9H,1-2H3. The molecule has 1 aromatic carbocycles. The number of nitrogens with zero attached hydrogens (tertiary/aromatic N) is 1. The number of aromatic nitrogens is 1. The Morgan fingerprint density at radius 3 is 2.63 bits per heavy atom. The summed E-state index contributed by atoms with van der Waals surface area (Å²) in [5.41, 5.74) is 3.46. The Kier molecular flexibility index (Phi) is 3.21. The zero-order valence-electron chi connectivity index (χ0n) is 10.7. The van der Waals surface area contributed by atoms with Crippen LogP contribution in [-0.2, 0) is 7.05 Å². The third kappa shape index (κ3) is 2.01. The molecular formula is C15H13NOS2. The van der Waals surface area contributed by atoms with Crippen molar-refractivity contribution < 1.29 is 0 Å².